The molecule has 0 bridgehead atoms. The first-order valence-corrected chi connectivity index (χ1v) is 7.32. The summed E-state index contributed by atoms with van der Waals surface area (Å²) < 4.78 is 11.2. The van der Waals surface area contributed by atoms with Crippen LogP contribution >= 0.6 is 0 Å². The van der Waals surface area contributed by atoms with Gasteiger partial charge >= 0.3 is 0 Å². The largest absolute Gasteiger partial charge is 0.494 e. The summed E-state index contributed by atoms with van der Waals surface area (Å²) in [5.74, 6) is 1.95. The summed E-state index contributed by atoms with van der Waals surface area (Å²) in [6.07, 6.45) is 2.67. The highest BCUT2D eigenvalue weighted by atomic mass is 16.5. The van der Waals surface area contributed by atoms with Gasteiger partial charge in [-0.2, -0.15) is 0 Å². The molecule has 0 saturated heterocycles. The molecule has 0 amide bonds. The molecule has 1 atom stereocenters. The first-order valence-electron chi connectivity index (χ1n) is 7.32. The zero-order valence-corrected chi connectivity index (χ0v) is 12.5. The van der Waals surface area contributed by atoms with E-state index >= 15 is 0 Å². The molecule has 3 heteroatoms. The smallest absolute Gasteiger partial charge is 0.119 e. The summed E-state index contributed by atoms with van der Waals surface area (Å²) in [5, 5.41) is 3.53. The minimum atomic E-state index is 0.147. The average Bonchev–Trinajstić information content (AvgIpc) is 2.93. The molecule has 2 aromatic rings. The van der Waals surface area contributed by atoms with Crippen LogP contribution in [0.3, 0.4) is 0 Å². The molecule has 0 saturated carbocycles. The van der Waals surface area contributed by atoms with Gasteiger partial charge in [0.05, 0.1) is 18.9 Å². The molecule has 0 aliphatic heterocycles. The Labute approximate surface area is 121 Å². The topological polar surface area (TPSA) is 34.4 Å². The zero-order valence-electron chi connectivity index (χ0n) is 12.5. The van der Waals surface area contributed by atoms with Gasteiger partial charge in [-0.1, -0.05) is 26.0 Å². The highest BCUT2D eigenvalue weighted by molar-refractivity contribution is 5.37. The minimum absolute atomic E-state index is 0.147. The maximum Gasteiger partial charge on any atom is 0.119 e. The second kappa shape index (κ2) is 7.15. The molecule has 0 aliphatic carbocycles. The lowest BCUT2D eigenvalue weighted by atomic mass is 9.98. The molecular weight excluding hydrogens is 250 g/mol. The highest BCUT2D eigenvalue weighted by Gasteiger charge is 2.18. The Hall–Kier alpha value is -1.74. The quantitative estimate of drug-likeness (QED) is 0.829. The fourth-order valence-corrected chi connectivity index (χ4v) is 2.46. The predicted octanol–water partition coefficient (Wildman–Crippen LogP) is 3.94. The normalized spacial score (nSPS) is 12.3. The van der Waals surface area contributed by atoms with Crippen LogP contribution in [0.25, 0.3) is 0 Å². The van der Waals surface area contributed by atoms with Crippen LogP contribution in [-0.2, 0) is 6.42 Å². The number of rotatable bonds is 7. The molecular formula is C17H23NO2. The van der Waals surface area contributed by atoms with Crippen LogP contribution < -0.4 is 10.1 Å². The van der Waals surface area contributed by atoms with Gasteiger partial charge in [0, 0.05) is 12.0 Å². The maximum absolute atomic E-state index is 5.60. The lowest BCUT2D eigenvalue weighted by Gasteiger charge is -2.19. The van der Waals surface area contributed by atoms with Gasteiger partial charge in [-0.05, 0) is 37.2 Å². The lowest BCUT2D eigenvalue weighted by molar-refractivity contribution is 0.339. The van der Waals surface area contributed by atoms with E-state index in [1.807, 2.05) is 19.1 Å². The van der Waals surface area contributed by atoms with Gasteiger partial charge in [0.25, 0.3) is 0 Å². The van der Waals surface area contributed by atoms with Crippen molar-refractivity contribution in [3.63, 3.8) is 0 Å². The Kier molecular flexibility index (Phi) is 5.24. The van der Waals surface area contributed by atoms with Gasteiger partial charge in [0.15, 0.2) is 0 Å². The monoisotopic (exact) mass is 273 g/mol. The molecule has 1 heterocycles. The minimum Gasteiger partial charge on any atom is -0.494 e. The van der Waals surface area contributed by atoms with E-state index in [0.29, 0.717) is 6.61 Å². The van der Waals surface area contributed by atoms with Crippen LogP contribution in [0.4, 0.5) is 0 Å². The molecule has 1 unspecified atom stereocenters. The van der Waals surface area contributed by atoms with Crippen LogP contribution in [0.5, 0.6) is 5.75 Å². The molecule has 0 radical (unpaired) electrons. The molecule has 0 aliphatic rings. The SMILES string of the molecule is CCNC(c1cccc(OCC)c1)c1ccoc1CC. The van der Waals surface area contributed by atoms with E-state index in [4.69, 9.17) is 9.15 Å². The number of hydrogen-bond donors (Lipinski definition) is 1. The average molecular weight is 273 g/mol. The van der Waals surface area contributed by atoms with Crippen molar-refractivity contribution < 1.29 is 9.15 Å². The van der Waals surface area contributed by atoms with E-state index in [-0.39, 0.29) is 6.04 Å². The van der Waals surface area contributed by atoms with Gasteiger partial charge in [0.1, 0.15) is 11.5 Å². The van der Waals surface area contributed by atoms with Crippen molar-refractivity contribution in [2.75, 3.05) is 13.2 Å². The van der Waals surface area contributed by atoms with E-state index in [1.54, 1.807) is 6.26 Å². The molecule has 0 fully saturated rings. The number of ether oxygens (including phenoxy) is 1. The second-order valence-corrected chi connectivity index (χ2v) is 4.65. The standard InChI is InChI=1S/C17H23NO2/c1-4-16-15(10-11-20-16)17(18-5-2)13-8-7-9-14(12-13)19-6-3/h7-12,17-18H,4-6H2,1-3H3. The van der Waals surface area contributed by atoms with Crippen molar-refractivity contribution in [1.82, 2.24) is 5.32 Å². The number of benzene rings is 1. The molecule has 1 aromatic heterocycles. The second-order valence-electron chi connectivity index (χ2n) is 4.65. The molecule has 20 heavy (non-hydrogen) atoms. The van der Waals surface area contributed by atoms with Crippen LogP contribution in [0.2, 0.25) is 0 Å². The number of nitrogens with one attached hydrogen (secondary N) is 1. The third-order valence-electron chi connectivity index (χ3n) is 3.32. The summed E-state index contributed by atoms with van der Waals surface area (Å²) in [6.45, 7) is 7.81. The molecule has 3 nitrogen and oxygen atoms in total. The Morgan fingerprint density at radius 2 is 2.05 bits per heavy atom. The van der Waals surface area contributed by atoms with Crippen molar-refractivity contribution in [2.24, 2.45) is 0 Å². The van der Waals surface area contributed by atoms with Gasteiger partial charge in [-0.25, -0.2) is 0 Å². The molecule has 1 aromatic carbocycles. The van der Waals surface area contributed by atoms with Crippen LogP contribution in [-0.4, -0.2) is 13.2 Å². The Balaban J connectivity index is 2.35. The van der Waals surface area contributed by atoms with E-state index in [2.05, 4.69) is 37.4 Å². The van der Waals surface area contributed by atoms with E-state index in [1.165, 1.54) is 11.1 Å². The first kappa shape index (κ1) is 14.7. The number of hydrogen-bond acceptors (Lipinski definition) is 3. The predicted molar refractivity (Wildman–Crippen MR) is 81.2 cm³/mol. The van der Waals surface area contributed by atoms with E-state index in [0.717, 1.165) is 24.5 Å². The van der Waals surface area contributed by atoms with Crippen molar-refractivity contribution in [3.8, 4) is 5.75 Å². The van der Waals surface area contributed by atoms with Crippen LogP contribution in [0, 0.1) is 0 Å². The molecule has 1 N–H and O–H groups in total. The fourth-order valence-electron chi connectivity index (χ4n) is 2.46. The number of aryl methyl sites for hydroxylation is 1. The van der Waals surface area contributed by atoms with Crippen molar-refractivity contribution in [3.05, 3.63) is 53.5 Å². The van der Waals surface area contributed by atoms with Gasteiger partial charge in [0.2, 0.25) is 0 Å². The summed E-state index contributed by atoms with van der Waals surface area (Å²) in [7, 11) is 0. The Morgan fingerprint density at radius 1 is 1.20 bits per heavy atom. The lowest BCUT2D eigenvalue weighted by Crippen LogP contribution is -2.22. The molecule has 0 spiro atoms. The highest BCUT2D eigenvalue weighted by Crippen LogP contribution is 2.28. The third kappa shape index (κ3) is 3.23. The summed E-state index contributed by atoms with van der Waals surface area (Å²) in [5.41, 5.74) is 2.41. The van der Waals surface area contributed by atoms with Crippen LogP contribution in [0.15, 0.2) is 41.0 Å². The van der Waals surface area contributed by atoms with Crippen molar-refractivity contribution in [2.45, 2.75) is 33.2 Å². The summed E-state index contributed by atoms with van der Waals surface area (Å²) in [6, 6.07) is 10.5. The Bertz CT molecular complexity index is 533. The fraction of sp³-hybridized carbons (Fsp3) is 0.412. The van der Waals surface area contributed by atoms with Gasteiger partial charge < -0.3 is 14.5 Å². The van der Waals surface area contributed by atoms with Crippen LogP contribution in [0.1, 0.15) is 43.7 Å². The van der Waals surface area contributed by atoms with Crippen molar-refractivity contribution >= 4 is 0 Å². The Morgan fingerprint density at radius 3 is 2.75 bits per heavy atom. The zero-order chi connectivity index (χ0) is 14.4. The van der Waals surface area contributed by atoms with E-state index < -0.39 is 0 Å². The molecule has 2 rings (SSSR count). The van der Waals surface area contributed by atoms with Crippen molar-refractivity contribution in [1.29, 1.82) is 0 Å². The number of furan rings is 1. The molecule has 108 valence electrons. The van der Waals surface area contributed by atoms with Gasteiger partial charge in [-0.3, -0.25) is 0 Å². The first-order chi connectivity index (χ1) is 9.80. The van der Waals surface area contributed by atoms with Gasteiger partial charge in [-0.15, -0.1) is 0 Å². The maximum atomic E-state index is 5.60. The van der Waals surface area contributed by atoms with E-state index in [9.17, 15) is 0 Å². The summed E-state index contributed by atoms with van der Waals surface area (Å²) in [4.78, 5) is 0. The summed E-state index contributed by atoms with van der Waals surface area (Å²) >= 11 is 0. The third-order valence-corrected chi connectivity index (χ3v) is 3.32.